The van der Waals surface area contributed by atoms with Gasteiger partial charge in [-0.3, -0.25) is 4.79 Å². The highest BCUT2D eigenvalue weighted by atomic mass is 79.9. The van der Waals surface area contributed by atoms with Crippen molar-refractivity contribution in [3.8, 4) is 5.75 Å². The molecule has 0 atom stereocenters. The topological polar surface area (TPSA) is 64.6 Å². The number of rotatable bonds is 8. The van der Waals surface area contributed by atoms with Gasteiger partial charge >= 0.3 is 5.97 Å². The monoisotopic (exact) mass is 479 g/mol. The number of hydrogen-bond donors (Lipinski definition) is 1. The van der Waals surface area contributed by atoms with Gasteiger partial charge in [0.05, 0.1) is 23.8 Å². The van der Waals surface area contributed by atoms with Crippen LogP contribution in [0.25, 0.3) is 0 Å². The van der Waals surface area contributed by atoms with Gasteiger partial charge in [-0.25, -0.2) is 4.79 Å². The van der Waals surface area contributed by atoms with Crippen LogP contribution in [0.2, 0.25) is 0 Å². The summed E-state index contributed by atoms with van der Waals surface area (Å²) in [4.78, 5) is 25.9. The SMILES string of the molecule is CCc1ccc(OCCCC(=O)Nc2sc3c(c2C(=O)OC)CCCC3)c(Br)c1. The van der Waals surface area contributed by atoms with E-state index in [4.69, 9.17) is 9.47 Å². The van der Waals surface area contributed by atoms with Gasteiger partial charge in [0.2, 0.25) is 5.91 Å². The highest BCUT2D eigenvalue weighted by molar-refractivity contribution is 9.10. The number of hydrogen-bond acceptors (Lipinski definition) is 5. The predicted molar refractivity (Wildman–Crippen MR) is 119 cm³/mol. The van der Waals surface area contributed by atoms with E-state index in [0.29, 0.717) is 30.0 Å². The number of aryl methyl sites for hydroxylation is 2. The van der Waals surface area contributed by atoms with E-state index in [1.807, 2.05) is 12.1 Å². The molecular weight excluding hydrogens is 454 g/mol. The molecule has 1 aliphatic rings. The van der Waals surface area contributed by atoms with Crippen molar-refractivity contribution in [3.63, 3.8) is 0 Å². The van der Waals surface area contributed by atoms with Crippen molar-refractivity contribution in [2.75, 3.05) is 19.0 Å². The maximum Gasteiger partial charge on any atom is 0.341 e. The molecule has 1 heterocycles. The summed E-state index contributed by atoms with van der Waals surface area (Å²) in [6, 6.07) is 6.04. The molecule has 0 saturated carbocycles. The van der Waals surface area contributed by atoms with E-state index in [-0.39, 0.29) is 11.9 Å². The van der Waals surface area contributed by atoms with Crippen LogP contribution in [-0.2, 0) is 28.8 Å². The molecule has 1 aromatic heterocycles. The Labute approximate surface area is 183 Å². The molecule has 0 radical (unpaired) electrons. The van der Waals surface area contributed by atoms with E-state index in [9.17, 15) is 9.59 Å². The normalized spacial score (nSPS) is 12.9. The fourth-order valence-electron chi connectivity index (χ4n) is 3.46. The first-order valence-corrected chi connectivity index (χ1v) is 11.6. The number of fused-ring (bicyclic) bond motifs is 1. The van der Waals surface area contributed by atoms with Gasteiger partial charge in [-0.2, -0.15) is 0 Å². The molecule has 0 saturated heterocycles. The van der Waals surface area contributed by atoms with E-state index in [1.165, 1.54) is 28.9 Å². The molecule has 2 aromatic rings. The third kappa shape index (κ3) is 5.39. The predicted octanol–water partition coefficient (Wildman–Crippen LogP) is 5.54. The largest absolute Gasteiger partial charge is 0.492 e. The molecule has 1 N–H and O–H groups in total. The van der Waals surface area contributed by atoms with Crippen LogP contribution in [0.15, 0.2) is 22.7 Å². The Balaban J connectivity index is 1.55. The number of anilines is 1. The van der Waals surface area contributed by atoms with Crippen LogP contribution in [-0.4, -0.2) is 25.6 Å². The van der Waals surface area contributed by atoms with Crippen LogP contribution in [0.1, 0.15) is 59.0 Å². The summed E-state index contributed by atoms with van der Waals surface area (Å²) in [6.45, 7) is 2.55. The molecule has 5 nitrogen and oxygen atoms in total. The molecule has 156 valence electrons. The van der Waals surface area contributed by atoms with Crippen molar-refractivity contribution >= 4 is 44.1 Å². The van der Waals surface area contributed by atoms with Crippen LogP contribution < -0.4 is 10.1 Å². The number of carbonyl (C=O) groups is 2. The van der Waals surface area contributed by atoms with Crippen LogP contribution >= 0.6 is 27.3 Å². The van der Waals surface area contributed by atoms with Crippen molar-refractivity contribution < 1.29 is 19.1 Å². The van der Waals surface area contributed by atoms with Crippen molar-refractivity contribution in [2.45, 2.75) is 51.9 Å². The quantitative estimate of drug-likeness (QED) is 0.398. The van der Waals surface area contributed by atoms with Crippen LogP contribution in [0.4, 0.5) is 5.00 Å². The third-order valence-corrected chi connectivity index (χ3v) is 6.85. The Morgan fingerprint density at radius 2 is 2.03 bits per heavy atom. The summed E-state index contributed by atoms with van der Waals surface area (Å²) in [5.74, 6) is 0.294. The standard InChI is InChI=1S/C22H26BrNO4S/c1-3-14-10-11-17(16(23)13-14)28-12-6-9-19(25)24-21-20(22(26)27-2)15-7-4-5-8-18(15)29-21/h10-11,13H,3-9,12H2,1-2H3,(H,24,25). The minimum absolute atomic E-state index is 0.113. The highest BCUT2D eigenvalue weighted by Crippen LogP contribution is 2.38. The zero-order chi connectivity index (χ0) is 20.8. The Kier molecular flexibility index (Phi) is 7.72. The van der Waals surface area contributed by atoms with Crippen LogP contribution in [0.5, 0.6) is 5.75 Å². The van der Waals surface area contributed by atoms with E-state index in [2.05, 4.69) is 34.2 Å². The van der Waals surface area contributed by atoms with Crippen molar-refractivity contribution in [3.05, 3.63) is 44.2 Å². The van der Waals surface area contributed by atoms with Crippen LogP contribution in [0.3, 0.4) is 0 Å². The summed E-state index contributed by atoms with van der Waals surface area (Å²) < 4.78 is 11.7. The van der Waals surface area contributed by atoms with Crippen molar-refractivity contribution in [1.29, 1.82) is 0 Å². The van der Waals surface area contributed by atoms with Crippen molar-refractivity contribution in [1.82, 2.24) is 0 Å². The summed E-state index contributed by atoms with van der Waals surface area (Å²) in [5.41, 5.74) is 2.83. The lowest BCUT2D eigenvalue weighted by atomic mass is 9.95. The molecule has 1 aliphatic carbocycles. The second-order valence-electron chi connectivity index (χ2n) is 7.03. The maximum atomic E-state index is 12.4. The lowest BCUT2D eigenvalue weighted by Gasteiger charge is -2.12. The lowest BCUT2D eigenvalue weighted by molar-refractivity contribution is -0.116. The Morgan fingerprint density at radius 1 is 1.24 bits per heavy atom. The van der Waals surface area contributed by atoms with Gasteiger partial charge in [0.25, 0.3) is 0 Å². The number of ether oxygens (including phenoxy) is 2. The third-order valence-electron chi connectivity index (χ3n) is 5.02. The average molecular weight is 480 g/mol. The molecule has 7 heteroatoms. The second-order valence-corrected chi connectivity index (χ2v) is 8.98. The number of methoxy groups -OCH3 is 1. The zero-order valence-electron chi connectivity index (χ0n) is 16.8. The van der Waals surface area contributed by atoms with E-state index in [1.54, 1.807) is 0 Å². The van der Waals surface area contributed by atoms with Gasteiger partial charge in [-0.15, -0.1) is 11.3 Å². The van der Waals surface area contributed by atoms with E-state index < -0.39 is 0 Å². The second kappa shape index (κ2) is 10.3. The van der Waals surface area contributed by atoms with Gasteiger partial charge in [0.15, 0.2) is 0 Å². The fourth-order valence-corrected chi connectivity index (χ4v) is 5.29. The van der Waals surface area contributed by atoms with Gasteiger partial charge < -0.3 is 14.8 Å². The molecule has 0 aliphatic heterocycles. The number of carbonyl (C=O) groups excluding carboxylic acids is 2. The number of halogens is 1. The molecule has 0 spiro atoms. The summed E-state index contributed by atoms with van der Waals surface area (Å²) in [7, 11) is 1.38. The summed E-state index contributed by atoms with van der Waals surface area (Å²) in [6.07, 6.45) is 5.89. The van der Waals surface area contributed by atoms with Crippen LogP contribution in [0, 0.1) is 0 Å². The van der Waals surface area contributed by atoms with E-state index >= 15 is 0 Å². The maximum absolute atomic E-state index is 12.4. The number of esters is 1. The van der Waals surface area contributed by atoms with Gasteiger partial charge in [-0.05, 0) is 77.7 Å². The average Bonchev–Trinajstić information content (AvgIpc) is 3.09. The lowest BCUT2D eigenvalue weighted by Crippen LogP contribution is -2.15. The molecule has 0 unspecified atom stereocenters. The minimum Gasteiger partial charge on any atom is -0.492 e. The first kappa shape index (κ1) is 21.8. The highest BCUT2D eigenvalue weighted by Gasteiger charge is 2.26. The van der Waals surface area contributed by atoms with E-state index in [0.717, 1.165) is 47.9 Å². The number of benzene rings is 1. The molecule has 29 heavy (non-hydrogen) atoms. The Hall–Kier alpha value is -1.86. The Bertz CT molecular complexity index is 893. The minimum atomic E-state index is -0.372. The van der Waals surface area contributed by atoms with Gasteiger partial charge in [-0.1, -0.05) is 13.0 Å². The number of thiophene rings is 1. The Morgan fingerprint density at radius 3 is 2.76 bits per heavy atom. The first-order chi connectivity index (χ1) is 14.0. The summed E-state index contributed by atoms with van der Waals surface area (Å²) >= 11 is 5.03. The molecular formula is C22H26BrNO4S. The number of nitrogens with one attached hydrogen (secondary N) is 1. The molecule has 3 rings (SSSR count). The fraction of sp³-hybridized carbons (Fsp3) is 0.455. The van der Waals surface area contributed by atoms with Gasteiger partial charge in [0.1, 0.15) is 10.8 Å². The smallest absolute Gasteiger partial charge is 0.341 e. The number of amides is 1. The molecule has 1 aromatic carbocycles. The van der Waals surface area contributed by atoms with Gasteiger partial charge in [0, 0.05) is 11.3 Å². The van der Waals surface area contributed by atoms with Crippen molar-refractivity contribution in [2.24, 2.45) is 0 Å². The molecule has 1 amide bonds. The first-order valence-electron chi connectivity index (χ1n) is 9.97. The molecule has 0 fully saturated rings. The zero-order valence-corrected chi connectivity index (χ0v) is 19.2. The summed E-state index contributed by atoms with van der Waals surface area (Å²) in [5, 5.41) is 3.54. The molecule has 0 bridgehead atoms.